The number of imidazole rings is 2. The van der Waals surface area contributed by atoms with Gasteiger partial charge in [-0.15, -0.1) is 0 Å². The number of aromatic amines is 4. The van der Waals surface area contributed by atoms with Crippen molar-refractivity contribution in [2.45, 2.75) is 0 Å². The van der Waals surface area contributed by atoms with Crippen molar-refractivity contribution in [3.8, 4) is 0 Å². The molecule has 27 heavy (non-hydrogen) atoms. The smallest absolute Gasteiger partial charge is 0.200 e. The summed E-state index contributed by atoms with van der Waals surface area (Å²) in [6.07, 6.45) is 9.53. The van der Waals surface area contributed by atoms with Crippen LogP contribution in [0.1, 0.15) is 0 Å². The van der Waals surface area contributed by atoms with Crippen LogP contribution in [0.5, 0.6) is 0 Å². The molecule has 0 spiro atoms. The molecule has 5 aromatic rings. The first-order chi connectivity index (χ1) is 13.1. The van der Waals surface area contributed by atoms with E-state index in [0.29, 0.717) is 20.4 Å². The highest BCUT2D eigenvalue weighted by atomic mass is 32.1. The molecule has 6 N–H and O–H groups in total. The second kappa shape index (κ2) is 8.68. The molecule has 0 aromatic carbocycles. The van der Waals surface area contributed by atoms with Crippen molar-refractivity contribution in [3.05, 3.63) is 53.1 Å². The first kappa shape index (κ1) is 18.2. The van der Waals surface area contributed by atoms with E-state index in [4.69, 9.17) is 30.2 Å². The van der Waals surface area contributed by atoms with Gasteiger partial charge in [0.05, 0.1) is 19.0 Å². The van der Waals surface area contributed by atoms with Crippen molar-refractivity contribution < 1.29 is 0 Å². The molecule has 5 rings (SSSR count). The minimum atomic E-state index is 0.287. The van der Waals surface area contributed by atoms with Gasteiger partial charge in [0.25, 0.3) is 0 Å². The zero-order valence-electron chi connectivity index (χ0n) is 13.6. The first-order valence-electron chi connectivity index (χ1n) is 7.41. The van der Waals surface area contributed by atoms with E-state index in [9.17, 15) is 0 Å². The Morgan fingerprint density at radius 2 is 1.41 bits per heavy atom. The topological polar surface area (TPSA) is 167 Å². The van der Waals surface area contributed by atoms with Crippen LogP contribution in [0.25, 0.3) is 22.3 Å². The Morgan fingerprint density at radius 3 is 2.00 bits per heavy atom. The average Bonchev–Trinajstić information content (AvgIpc) is 3.34. The molecule has 136 valence electrons. The van der Waals surface area contributed by atoms with Crippen LogP contribution in [-0.2, 0) is 0 Å². The molecule has 0 aliphatic rings. The van der Waals surface area contributed by atoms with Crippen LogP contribution in [0.2, 0.25) is 0 Å². The third-order valence-electron chi connectivity index (χ3n) is 3.04. The van der Waals surface area contributed by atoms with E-state index in [-0.39, 0.29) is 5.95 Å². The van der Waals surface area contributed by atoms with Crippen LogP contribution >= 0.6 is 24.4 Å². The van der Waals surface area contributed by atoms with Crippen LogP contribution in [0, 0.1) is 9.28 Å². The number of nitrogens with zero attached hydrogens (tertiary/aromatic N) is 6. The molecule has 0 radical (unpaired) electrons. The maximum atomic E-state index is 5.40. The molecular formula is C14H13N11S2. The molecule has 11 nitrogen and oxygen atoms in total. The Hall–Kier alpha value is -3.58. The van der Waals surface area contributed by atoms with Crippen LogP contribution < -0.4 is 5.73 Å². The molecule has 0 aliphatic heterocycles. The van der Waals surface area contributed by atoms with Gasteiger partial charge in [0, 0.05) is 12.4 Å². The first-order valence-corrected chi connectivity index (χ1v) is 8.22. The van der Waals surface area contributed by atoms with Crippen LogP contribution in [0.15, 0.2) is 43.8 Å². The van der Waals surface area contributed by atoms with Gasteiger partial charge in [0.15, 0.2) is 20.6 Å². The fourth-order valence-electron chi connectivity index (χ4n) is 1.90. The van der Waals surface area contributed by atoms with Crippen molar-refractivity contribution in [3.63, 3.8) is 0 Å². The molecule has 5 aromatic heterocycles. The Labute approximate surface area is 161 Å². The SMILES string of the molecule is Nc1nc(=S)c2[nH]cnc2[nH]1.S=c1nc[nH]c2nc[nH]c12.c1cncnc1. The molecule has 0 unspecified atom stereocenters. The fraction of sp³-hybridized carbons (Fsp3) is 0. The number of fused-ring (bicyclic) bond motifs is 2. The number of H-pyrrole nitrogens is 4. The van der Waals surface area contributed by atoms with Crippen molar-refractivity contribution in [2.24, 2.45) is 0 Å². The predicted octanol–water partition coefficient (Wildman–Crippen LogP) is 2.09. The van der Waals surface area contributed by atoms with Gasteiger partial charge < -0.3 is 25.7 Å². The molecule has 13 heteroatoms. The standard InChI is InChI=1S/C5H5N5S.C5H4N4S.C4H4N2/c6-5-9-3-2(4(11)10-5)7-1-8-3;10-5-3-4(7-1-6-3)8-2-9-5;1-2-5-4-6-3-1/h1H,(H4,6,7,8,9,10,11);1-2H,(H2,6,7,8,9,10);1-4H. The summed E-state index contributed by atoms with van der Waals surface area (Å²) in [6, 6.07) is 1.78. The maximum Gasteiger partial charge on any atom is 0.200 e. The lowest BCUT2D eigenvalue weighted by molar-refractivity contribution is 1.17. The van der Waals surface area contributed by atoms with E-state index in [1.807, 2.05) is 0 Å². The number of anilines is 1. The average molecular weight is 399 g/mol. The number of aromatic nitrogens is 10. The van der Waals surface area contributed by atoms with Crippen molar-refractivity contribution in [1.29, 1.82) is 0 Å². The second-order valence-electron chi connectivity index (χ2n) is 4.79. The maximum absolute atomic E-state index is 5.40. The molecule has 0 amide bonds. The molecule has 5 heterocycles. The molecule has 0 aliphatic carbocycles. The van der Waals surface area contributed by atoms with Crippen molar-refractivity contribution >= 4 is 52.7 Å². The van der Waals surface area contributed by atoms with Gasteiger partial charge in [-0.25, -0.2) is 29.9 Å². The lowest BCUT2D eigenvalue weighted by Crippen LogP contribution is -1.94. The second-order valence-corrected chi connectivity index (χ2v) is 5.56. The van der Waals surface area contributed by atoms with E-state index >= 15 is 0 Å². The largest absolute Gasteiger partial charge is 0.369 e. The third-order valence-corrected chi connectivity index (χ3v) is 3.64. The Bertz CT molecular complexity index is 1210. The Morgan fingerprint density at radius 1 is 0.778 bits per heavy atom. The van der Waals surface area contributed by atoms with Crippen LogP contribution in [0.3, 0.4) is 0 Å². The number of nitrogens with two attached hydrogens (primary N) is 1. The highest BCUT2D eigenvalue weighted by Crippen LogP contribution is 2.06. The predicted molar refractivity (Wildman–Crippen MR) is 105 cm³/mol. The summed E-state index contributed by atoms with van der Waals surface area (Å²) in [6.45, 7) is 0. The van der Waals surface area contributed by atoms with E-state index in [0.717, 1.165) is 11.2 Å². The highest BCUT2D eigenvalue weighted by Gasteiger charge is 1.98. The van der Waals surface area contributed by atoms with Gasteiger partial charge in [0.1, 0.15) is 17.4 Å². The Kier molecular flexibility index (Phi) is 5.86. The number of nitrogens with one attached hydrogen (secondary N) is 4. The van der Waals surface area contributed by atoms with Gasteiger partial charge in [0.2, 0.25) is 5.95 Å². The van der Waals surface area contributed by atoms with Crippen molar-refractivity contribution in [2.75, 3.05) is 5.73 Å². The van der Waals surface area contributed by atoms with E-state index in [2.05, 4.69) is 49.8 Å². The summed E-state index contributed by atoms with van der Waals surface area (Å²) in [5, 5.41) is 0. The Balaban J connectivity index is 0.000000122. The van der Waals surface area contributed by atoms with Gasteiger partial charge in [-0.2, -0.15) is 0 Å². The third kappa shape index (κ3) is 4.74. The molecule has 0 saturated heterocycles. The fourth-order valence-corrected chi connectivity index (χ4v) is 2.37. The zero-order chi connectivity index (χ0) is 19.1. The molecule has 0 fully saturated rings. The molecule has 0 saturated carbocycles. The number of rotatable bonds is 0. The molecule has 0 atom stereocenters. The normalized spacial score (nSPS) is 9.93. The number of nitrogen functional groups attached to an aromatic ring is 1. The lowest BCUT2D eigenvalue weighted by atomic mass is 10.6. The minimum Gasteiger partial charge on any atom is -0.369 e. The summed E-state index contributed by atoms with van der Waals surface area (Å²) >= 11 is 9.82. The van der Waals surface area contributed by atoms with Crippen LogP contribution in [-0.4, -0.2) is 49.8 Å². The monoisotopic (exact) mass is 399 g/mol. The summed E-state index contributed by atoms with van der Waals surface area (Å²) < 4.78 is 0.986. The van der Waals surface area contributed by atoms with Gasteiger partial charge in [-0.3, -0.25) is 0 Å². The zero-order valence-corrected chi connectivity index (χ0v) is 15.3. The van der Waals surface area contributed by atoms with Gasteiger partial charge >= 0.3 is 0 Å². The lowest BCUT2D eigenvalue weighted by Gasteiger charge is -1.91. The molecule has 0 bridgehead atoms. The number of hydrogen-bond acceptors (Lipinski definition) is 9. The summed E-state index contributed by atoms with van der Waals surface area (Å²) in [5.41, 5.74) is 8.29. The highest BCUT2D eigenvalue weighted by molar-refractivity contribution is 7.71. The van der Waals surface area contributed by atoms with Crippen molar-refractivity contribution in [1.82, 2.24) is 49.8 Å². The van der Waals surface area contributed by atoms with E-state index < -0.39 is 0 Å². The van der Waals surface area contributed by atoms with E-state index in [1.54, 1.807) is 24.8 Å². The quantitative estimate of drug-likeness (QED) is 0.245. The summed E-state index contributed by atoms with van der Waals surface area (Å²) in [5.74, 6) is 0.287. The summed E-state index contributed by atoms with van der Waals surface area (Å²) in [4.78, 5) is 34.3. The minimum absolute atomic E-state index is 0.287. The van der Waals surface area contributed by atoms with Crippen LogP contribution in [0.4, 0.5) is 5.95 Å². The van der Waals surface area contributed by atoms with Gasteiger partial charge in [-0.05, 0) is 6.07 Å². The van der Waals surface area contributed by atoms with E-state index in [1.165, 1.54) is 19.0 Å². The number of hydrogen-bond donors (Lipinski definition) is 5. The molecular weight excluding hydrogens is 386 g/mol. The summed E-state index contributed by atoms with van der Waals surface area (Å²) in [7, 11) is 0. The van der Waals surface area contributed by atoms with Gasteiger partial charge in [-0.1, -0.05) is 24.4 Å².